The lowest BCUT2D eigenvalue weighted by Crippen LogP contribution is -2.52. The molecule has 1 atom stereocenters. The van der Waals surface area contributed by atoms with Crippen molar-refractivity contribution >= 4 is 50.7 Å². The number of benzene rings is 4. The standard InChI is InChI=1S/C35H37Cl2N3O5S/c1-4-33(35(42)38-22-25(2)3)39(23-30-31(36)16-11-17-32(30)37)34(41)24-40(46(43,44)29-14-9-6-10-15-29)26-18-20-28(21-19-26)45-27-12-7-5-8-13-27/h5-21,25,33H,4,22-24H2,1-3H3,(H,38,42). The molecule has 4 aromatic rings. The number of ether oxygens (including phenoxy) is 1. The number of carbonyl (C=O) groups is 2. The highest BCUT2D eigenvalue weighted by atomic mass is 35.5. The Morgan fingerprint density at radius 3 is 1.93 bits per heavy atom. The maximum absolute atomic E-state index is 14.3. The van der Waals surface area contributed by atoms with Crippen LogP contribution in [0.15, 0.2) is 108 Å². The summed E-state index contributed by atoms with van der Waals surface area (Å²) in [4.78, 5) is 29.1. The van der Waals surface area contributed by atoms with E-state index >= 15 is 0 Å². The highest BCUT2D eigenvalue weighted by molar-refractivity contribution is 7.92. The number of halogens is 2. The first kappa shape index (κ1) is 34.8. The summed E-state index contributed by atoms with van der Waals surface area (Å²) >= 11 is 13.0. The third kappa shape index (κ3) is 8.81. The van der Waals surface area contributed by atoms with E-state index in [1.54, 1.807) is 79.7 Å². The Bertz CT molecular complexity index is 1700. The van der Waals surface area contributed by atoms with Crippen LogP contribution in [0.25, 0.3) is 0 Å². The topological polar surface area (TPSA) is 96.0 Å². The molecule has 0 radical (unpaired) electrons. The molecule has 0 bridgehead atoms. The Morgan fingerprint density at radius 2 is 1.37 bits per heavy atom. The molecule has 242 valence electrons. The van der Waals surface area contributed by atoms with Crippen LogP contribution in [0.2, 0.25) is 10.0 Å². The Balaban J connectivity index is 1.73. The van der Waals surface area contributed by atoms with Crippen LogP contribution < -0.4 is 14.4 Å². The fourth-order valence-electron chi connectivity index (χ4n) is 4.75. The molecule has 4 rings (SSSR count). The zero-order chi connectivity index (χ0) is 33.3. The normalized spacial score (nSPS) is 12.0. The van der Waals surface area contributed by atoms with E-state index in [4.69, 9.17) is 27.9 Å². The third-order valence-corrected chi connectivity index (χ3v) is 9.67. The first-order valence-corrected chi connectivity index (χ1v) is 17.1. The van der Waals surface area contributed by atoms with Gasteiger partial charge in [-0.25, -0.2) is 8.42 Å². The van der Waals surface area contributed by atoms with Crippen molar-refractivity contribution in [3.63, 3.8) is 0 Å². The van der Waals surface area contributed by atoms with E-state index in [-0.39, 0.29) is 35.4 Å². The number of hydrogen-bond donors (Lipinski definition) is 1. The van der Waals surface area contributed by atoms with Gasteiger partial charge in [0.05, 0.1) is 10.6 Å². The van der Waals surface area contributed by atoms with Gasteiger partial charge in [-0.1, -0.05) is 86.4 Å². The molecule has 0 heterocycles. The smallest absolute Gasteiger partial charge is 0.264 e. The number of para-hydroxylation sites is 1. The van der Waals surface area contributed by atoms with Crippen LogP contribution in [-0.4, -0.2) is 44.3 Å². The van der Waals surface area contributed by atoms with Gasteiger partial charge in [-0.2, -0.15) is 0 Å². The predicted octanol–water partition coefficient (Wildman–Crippen LogP) is 7.56. The summed E-state index contributed by atoms with van der Waals surface area (Å²) in [5.41, 5.74) is 0.694. The van der Waals surface area contributed by atoms with E-state index in [0.717, 1.165) is 4.31 Å². The number of nitrogens with one attached hydrogen (secondary N) is 1. The van der Waals surface area contributed by atoms with Gasteiger partial charge in [0.1, 0.15) is 24.1 Å². The van der Waals surface area contributed by atoms with E-state index in [2.05, 4.69) is 5.32 Å². The van der Waals surface area contributed by atoms with Crippen LogP contribution in [-0.2, 0) is 26.2 Å². The molecule has 1 unspecified atom stereocenters. The van der Waals surface area contributed by atoms with Crippen LogP contribution in [0.4, 0.5) is 5.69 Å². The van der Waals surface area contributed by atoms with E-state index < -0.39 is 28.5 Å². The molecule has 46 heavy (non-hydrogen) atoms. The van der Waals surface area contributed by atoms with Crippen molar-refractivity contribution in [3.05, 3.63) is 119 Å². The molecule has 11 heteroatoms. The summed E-state index contributed by atoms with van der Waals surface area (Å²) in [6, 6.07) is 27.5. The van der Waals surface area contributed by atoms with E-state index in [1.807, 2.05) is 32.0 Å². The van der Waals surface area contributed by atoms with Crippen molar-refractivity contribution in [2.24, 2.45) is 5.92 Å². The van der Waals surface area contributed by atoms with Gasteiger partial charge in [-0.15, -0.1) is 0 Å². The van der Waals surface area contributed by atoms with Crippen LogP contribution in [0.1, 0.15) is 32.8 Å². The number of sulfonamides is 1. The number of nitrogens with zero attached hydrogens (tertiary/aromatic N) is 2. The molecule has 0 saturated carbocycles. The minimum Gasteiger partial charge on any atom is -0.457 e. The quantitative estimate of drug-likeness (QED) is 0.148. The van der Waals surface area contributed by atoms with Gasteiger partial charge in [0, 0.05) is 28.7 Å². The highest BCUT2D eigenvalue weighted by Crippen LogP contribution is 2.30. The average Bonchev–Trinajstić information content (AvgIpc) is 3.05. The van der Waals surface area contributed by atoms with Crippen LogP contribution in [0.5, 0.6) is 11.5 Å². The van der Waals surface area contributed by atoms with Gasteiger partial charge < -0.3 is 15.0 Å². The van der Waals surface area contributed by atoms with E-state index in [0.29, 0.717) is 33.7 Å². The molecule has 0 saturated heterocycles. The third-order valence-electron chi connectivity index (χ3n) is 7.17. The lowest BCUT2D eigenvalue weighted by molar-refractivity contribution is -0.140. The van der Waals surface area contributed by atoms with Gasteiger partial charge in [0.25, 0.3) is 10.0 Å². The Morgan fingerprint density at radius 1 is 0.804 bits per heavy atom. The number of anilines is 1. The first-order valence-electron chi connectivity index (χ1n) is 14.9. The van der Waals surface area contributed by atoms with Crippen molar-refractivity contribution in [1.29, 1.82) is 0 Å². The van der Waals surface area contributed by atoms with Gasteiger partial charge >= 0.3 is 0 Å². The summed E-state index contributed by atoms with van der Waals surface area (Å²) in [5.74, 6) is 0.332. The second-order valence-electron chi connectivity index (χ2n) is 11.0. The average molecular weight is 683 g/mol. The molecule has 0 aromatic heterocycles. The van der Waals surface area contributed by atoms with Crippen molar-refractivity contribution < 1.29 is 22.7 Å². The number of hydrogen-bond acceptors (Lipinski definition) is 5. The van der Waals surface area contributed by atoms with Crippen LogP contribution in [0.3, 0.4) is 0 Å². The summed E-state index contributed by atoms with van der Waals surface area (Å²) in [6.45, 7) is 5.45. The lowest BCUT2D eigenvalue weighted by Gasteiger charge is -2.33. The molecule has 0 fully saturated rings. The molecule has 0 spiro atoms. The maximum atomic E-state index is 14.3. The monoisotopic (exact) mass is 681 g/mol. The molecular formula is C35H37Cl2N3O5S. The number of rotatable bonds is 14. The summed E-state index contributed by atoms with van der Waals surface area (Å²) in [7, 11) is -4.23. The van der Waals surface area contributed by atoms with Gasteiger partial charge in [-0.05, 0) is 73.0 Å². The fraction of sp³-hybridized carbons (Fsp3) is 0.257. The Hall–Kier alpha value is -4.05. The molecule has 0 aliphatic carbocycles. The van der Waals surface area contributed by atoms with Crippen molar-refractivity contribution in [2.45, 2.75) is 44.7 Å². The molecular weight excluding hydrogens is 645 g/mol. The summed E-state index contributed by atoms with van der Waals surface area (Å²) in [6.07, 6.45) is 0.273. The van der Waals surface area contributed by atoms with Gasteiger partial charge in [0.15, 0.2) is 0 Å². The molecule has 8 nitrogen and oxygen atoms in total. The Labute approximate surface area is 280 Å². The lowest BCUT2D eigenvalue weighted by atomic mass is 10.1. The predicted molar refractivity (Wildman–Crippen MR) is 183 cm³/mol. The highest BCUT2D eigenvalue weighted by Gasteiger charge is 2.34. The van der Waals surface area contributed by atoms with Gasteiger partial charge in [-0.3, -0.25) is 13.9 Å². The van der Waals surface area contributed by atoms with Crippen molar-refractivity contribution in [1.82, 2.24) is 10.2 Å². The molecule has 4 aromatic carbocycles. The number of amides is 2. The zero-order valence-corrected chi connectivity index (χ0v) is 28.2. The van der Waals surface area contributed by atoms with Crippen LogP contribution in [0, 0.1) is 5.92 Å². The van der Waals surface area contributed by atoms with Gasteiger partial charge in [0.2, 0.25) is 11.8 Å². The molecule has 2 amide bonds. The number of carbonyl (C=O) groups excluding carboxylic acids is 2. The minimum atomic E-state index is -4.23. The second-order valence-corrected chi connectivity index (χ2v) is 13.7. The van der Waals surface area contributed by atoms with Crippen LogP contribution >= 0.6 is 23.2 Å². The fourth-order valence-corrected chi connectivity index (χ4v) is 6.70. The molecule has 1 N–H and O–H groups in total. The second kappa shape index (κ2) is 16.0. The SMILES string of the molecule is CCC(C(=O)NCC(C)C)N(Cc1c(Cl)cccc1Cl)C(=O)CN(c1ccc(Oc2ccccc2)cc1)S(=O)(=O)c1ccccc1. The molecule has 0 aliphatic heterocycles. The molecule has 0 aliphatic rings. The van der Waals surface area contributed by atoms with E-state index in [9.17, 15) is 18.0 Å². The van der Waals surface area contributed by atoms with Crippen molar-refractivity contribution in [2.75, 3.05) is 17.4 Å². The summed E-state index contributed by atoms with van der Waals surface area (Å²) < 4.78 is 35.1. The van der Waals surface area contributed by atoms with Crippen molar-refractivity contribution in [3.8, 4) is 11.5 Å². The first-order chi connectivity index (χ1) is 22.0. The largest absolute Gasteiger partial charge is 0.457 e. The summed E-state index contributed by atoms with van der Waals surface area (Å²) in [5, 5.41) is 3.56. The zero-order valence-electron chi connectivity index (χ0n) is 25.9. The minimum absolute atomic E-state index is 0.00910. The maximum Gasteiger partial charge on any atom is 0.264 e. The Kier molecular flexibility index (Phi) is 12.1. The van der Waals surface area contributed by atoms with E-state index in [1.165, 1.54) is 17.0 Å².